The zero-order valence-electron chi connectivity index (χ0n) is 20.3. The third-order valence-electron chi connectivity index (χ3n) is 6.83. The minimum Gasteiger partial charge on any atom is -0.482 e. The molecule has 0 unspecified atom stereocenters. The maximum absolute atomic E-state index is 13.7. The first-order chi connectivity index (χ1) is 17.8. The van der Waals surface area contributed by atoms with Crippen LogP contribution >= 0.6 is 11.6 Å². The van der Waals surface area contributed by atoms with Crippen LogP contribution in [0.5, 0.6) is 5.75 Å². The van der Waals surface area contributed by atoms with Gasteiger partial charge in [-0.25, -0.2) is 0 Å². The van der Waals surface area contributed by atoms with E-state index in [2.05, 4.69) is 0 Å². The Kier molecular flexibility index (Phi) is 6.77. The van der Waals surface area contributed by atoms with Gasteiger partial charge in [0.2, 0.25) is 0 Å². The van der Waals surface area contributed by atoms with E-state index in [4.69, 9.17) is 21.4 Å². The number of hydrogen-bond acceptors (Lipinski definition) is 5. The van der Waals surface area contributed by atoms with Crippen LogP contribution in [-0.4, -0.2) is 35.2 Å². The number of hydrogen-bond donors (Lipinski definition) is 2. The van der Waals surface area contributed by atoms with Crippen molar-refractivity contribution in [3.05, 3.63) is 95.0 Å². The van der Waals surface area contributed by atoms with Gasteiger partial charge in [-0.1, -0.05) is 54.9 Å². The summed E-state index contributed by atoms with van der Waals surface area (Å²) in [5.41, 5.74) is 1.33. The maximum atomic E-state index is 13.7. The average molecular weight is 519 g/mol. The van der Waals surface area contributed by atoms with Gasteiger partial charge in [-0.15, -0.1) is 0 Å². The smallest absolute Gasteiger partial charge is 0.269 e. The van der Waals surface area contributed by atoms with Crippen LogP contribution in [-0.2, 0) is 21.7 Å². The second-order valence-corrected chi connectivity index (χ2v) is 9.64. The molecule has 5 rings (SSSR count). The Hall–Kier alpha value is -3.65. The molecular weight excluding hydrogens is 492 g/mol. The third kappa shape index (κ3) is 4.39. The first-order valence-electron chi connectivity index (χ1n) is 12.1. The molecule has 2 amide bonds. The molecule has 3 aromatic rings. The second-order valence-electron chi connectivity index (χ2n) is 9.20. The fraction of sp³-hybridized carbons (Fsp3) is 0.241. The van der Waals surface area contributed by atoms with Crippen molar-refractivity contribution in [2.45, 2.75) is 25.5 Å². The highest BCUT2D eigenvalue weighted by molar-refractivity contribution is 6.31. The van der Waals surface area contributed by atoms with Gasteiger partial charge in [-0.05, 0) is 54.4 Å². The van der Waals surface area contributed by atoms with E-state index in [9.17, 15) is 14.7 Å². The first-order valence-corrected chi connectivity index (χ1v) is 12.5. The highest BCUT2D eigenvalue weighted by atomic mass is 35.5. The van der Waals surface area contributed by atoms with Gasteiger partial charge in [0.25, 0.3) is 11.8 Å². The minimum atomic E-state index is -1.80. The molecule has 3 aromatic carbocycles. The van der Waals surface area contributed by atoms with Crippen LogP contribution in [0.3, 0.4) is 0 Å². The molecule has 190 valence electrons. The largest absolute Gasteiger partial charge is 0.482 e. The standard InChI is InChI=1S/C29H27ClN2O5/c1-19(7-4-5-14-33)29(36)23-16-21(30)12-13-24(23)31(28(29)35)17-20-8-6-9-22(15-20)32-25-10-2-3-11-26(25)37-18-27(32)34/h2-4,6-13,15-16,19,33,36H,5,14,17-18H2,1H3/b7-4+/t19-,29+/m1/s1. The Morgan fingerprint density at radius 1 is 1.08 bits per heavy atom. The van der Waals surface area contributed by atoms with Crippen LogP contribution in [0.15, 0.2) is 78.9 Å². The summed E-state index contributed by atoms with van der Waals surface area (Å²) in [7, 11) is 0. The molecule has 0 fully saturated rings. The molecule has 2 aliphatic rings. The highest BCUT2D eigenvalue weighted by Crippen LogP contribution is 2.47. The number of nitrogens with zero attached hydrogens (tertiary/aromatic N) is 2. The van der Waals surface area contributed by atoms with E-state index in [1.165, 1.54) is 0 Å². The number of halogens is 1. The number of amides is 2. The molecular formula is C29H27ClN2O5. The lowest BCUT2D eigenvalue weighted by Crippen LogP contribution is -2.44. The van der Waals surface area contributed by atoms with E-state index in [1.54, 1.807) is 47.1 Å². The molecule has 2 aliphatic heterocycles. The number of carbonyl (C=O) groups excluding carboxylic acids is 2. The Bertz CT molecular complexity index is 1390. The van der Waals surface area contributed by atoms with Gasteiger partial charge in [0.05, 0.1) is 17.9 Å². The van der Waals surface area contributed by atoms with Crippen LogP contribution in [0.1, 0.15) is 24.5 Å². The first kappa shape index (κ1) is 25.0. The Morgan fingerprint density at radius 3 is 2.70 bits per heavy atom. The summed E-state index contributed by atoms with van der Waals surface area (Å²) in [6.45, 7) is 1.88. The van der Waals surface area contributed by atoms with Crippen molar-refractivity contribution >= 4 is 40.5 Å². The molecule has 2 N–H and O–H groups in total. The van der Waals surface area contributed by atoms with Crippen LogP contribution in [0, 0.1) is 5.92 Å². The molecule has 8 heteroatoms. The average Bonchev–Trinajstić information content (AvgIpc) is 3.11. The monoisotopic (exact) mass is 518 g/mol. The SMILES string of the molecule is C[C@H](/C=C/CCO)[C@@]1(O)C(=O)N(Cc2cccc(N3C(=O)COc4ccccc43)c2)c2ccc(Cl)cc21. The third-order valence-corrected chi connectivity index (χ3v) is 7.06. The number of aliphatic hydroxyl groups excluding tert-OH is 1. The number of anilines is 3. The lowest BCUT2D eigenvalue weighted by atomic mass is 9.83. The molecule has 0 spiro atoms. The predicted octanol–water partition coefficient (Wildman–Crippen LogP) is 4.71. The lowest BCUT2D eigenvalue weighted by Gasteiger charge is -2.30. The molecule has 0 aliphatic carbocycles. The van der Waals surface area contributed by atoms with Gasteiger partial charge in [0.1, 0.15) is 5.75 Å². The summed E-state index contributed by atoms with van der Waals surface area (Å²) in [4.78, 5) is 29.7. The van der Waals surface area contributed by atoms with E-state index >= 15 is 0 Å². The zero-order valence-corrected chi connectivity index (χ0v) is 21.1. The van der Waals surface area contributed by atoms with E-state index in [0.29, 0.717) is 39.8 Å². The van der Waals surface area contributed by atoms with Crippen molar-refractivity contribution in [3.63, 3.8) is 0 Å². The number of aliphatic hydroxyl groups is 2. The number of carbonyl (C=O) groups is 2. The van der Waals surface area contributed by atoms with Crippen LogP contribution in [0.4, 0.5) is 17.1 Å². The molecule has 0 saturated carbocycles. The lowest BCUT2D eigenvalue weighted by molar-refractivity contribution is -0.139. The molecule has 2 atom stereocenters. The normalized spacial score (nSPS) is 19.7. The van der Waals surface area contributed by atoms with Crippen molar-refractivity contribution in [2.75, 3.05) is 23.0 Å². The quantitative estimate of drug-likeness (QED) is 0.442. The summed E-state index contributed by atoms with van der Waals surface area (Å²) >= 11 is 6.26. The number of ether oxygens (including phenoxy) is 1. The topological polar surface area (TPSA) is 90.3 Å². The van der Waals surface area contributed by atoms with Gasteiger partial charge in [0.15, 0.2) is 12.2 Å². The summed E-state index contributed by atoms with van der Waals surface area (Å²) in [6, 6.07) is 19.8. The summed E-state index contributed by atoms with van der Waals surface area (Å²) in [6.07, 6.45) is 3.92. The molecule has 7 nitrogen and oxygen atoms in total. The number of fused-ring (bicyclic) bond motifs is 2. The van der Waals surface area contributed by atoms with Gasteiger partial charge in [0, 0.05) is 28.8 Å². The number of rotatable bonds is 7. The molecule has 2 heterocycles. The van der Waals surface area contributed by atoms with Gasteiger partial charge < -0.3 is 19.8 Å². The maximum Gasteiger partial charge on any atom is 0.269 e. The Morgan fingerprint density at radius 2 is 1.89 bits per heavy atom. The van der Waals surface area contributed by atoms with Gasteiger partial charge in [-0.2, -0.15) is 0 Å². The van der Waals surface area contributed by atoms with Crippen molar-refractivity contribution in [3.8, 4) is 5.75 Å². The van der Waals surface area contributed by atoms with Crippen molar-refractivity contribution in [1.82, 2.24) is 0 Å². The molecule has 37 heavy (non-hydrogen) atoms. The molecule has 0 aromatic heterocycles. The van der Waals surface area contributed by atoms with Crippen molar-refractivity contribution < 1.29 is 24.5 Å². The highest BCUT2D eigenvalue weighted by Gasteiger charge is 2.52. The minimum absolute atomic E-state index is 0.0173. The van der Waals surface area contributed by atoms with Crippen molar-refractivity contribution in [1.29, 1.82) is 0 Å². The van der Waals surface area contributed by atoms with Crippen LogP contribution < -0.4 is 14.5 Å². The molecule has 0 bridgehead atoms. The van der Waals surface area contributed by atoms with E-state index in [-0.39, 0.29) is 25.7 Å². The fourth-order valence-electron chi connectivity index (χ4n) is 4.95. The van der Waals surface area contributed by atoms with Crippen LogP contribution in [0.25, 0.3) is 0 Å². The van der Waals surface area contributed by atoms with Gasteiger partial charge in [-0.3, -0.25) is 14.5 Å². The van der Waals surface area contributed by atoms with Crippen LogP contribution in [0.2, 0.25) is 5.02 Å². The van der Waals surface area contributed by atoms with Gasteiger partial charge >= 0.3 is 0 Å². The molecule has 0 radical (unpaired) electrons. The summed E-state index contributed by atoms with van der Waals surface area (Å²) in [5.74, 6) is -0.570. The number of benzene rings is 3. The van der Waals surface area contributed by atoms with E-state index in [0.717, 1.165) is 5.56 Å². The Balaban J connectivity index is 1.49. The van der Waals surface area contributed by atoms with Crippen molar-refractivity contribution in [2.24, 2.45) is 5.92 Å². The second kappa shape index (κ2) is 10.0. The summed E-state index contributed by atoms with van der Waals surface area (Å²) in [5, 5.41) is 21.3. The Labute approximate surface area is 220 Å². The summed E-state index contributed by atoms with van der Waals surface area (Å²) < 4.78 is 5.57. The fourth-order valence-corrected chi connectivity index (χ4v) is 5.12. The van der Waals surface area contributed by atoms with E-state index in [1.807, 2.05) is 48.5 Å². The number of para-hydroxylation sites is 2. The zero-order chi connectivity index (χ0) is 26.2. The predicted molar refractivity (Wildman–Crippen MR) is 142 cm³/mol. The molecule has 0 saturated heterocycles. The van der Waals surface area contributed by atoms with E-state index < -0.39 is 17.4 Å².